The van der Waals surface area contributed by atoms with Crippen LogP contribution in [0, 0.1) is 0 Å². The van der Waals surface area contributed by atoms with Gasteiger partial charge in [0.15, 0.2) is 0 Å². The molecule has 6 heteroatoms. The van der Waals surface area contributed by atoms with Crippen molar-refractivity contribution in [2.24, 2.45) is 5.84 Å². The van der Waals surface area contributed by atoms with Gasteiger partial charge in [0, 0.05) is 13.7 Å². The first kappa shape index (κ1) is 14.1. The topological polar surface area (TPSA) is 78.0 Å². The van der Waals surface area contributed by atoms with Crippen molar-refractivity contribution in [1.29, 1.82) is 0 Å². The van der Waals surface area contributed by atoms with Gasteiger partial charge >= 0.3 is 0 Å². The molecule has 0 radical (unpaired) electrons. The number of aromatic nitrogens is 3. The van der Waals surface area contributed by atoms with Gasteiger partial charge in [0.2, 0.25) is 0 Å². The average molecular weight is 241 g/mol. The molecule has 1 aromatic heterocycles. The SMILES string of the molecule is CCCC(OC)C(NN)c1cnnn1CCC. The van der Waals surface area contributed by atoms with Gasteiger partial charge in [-0.15, -0.1) is 5.10 Å². The van der Waals surface area contributed by atoms with Crippen molar-refractivity contribution in [3.8, 4) is 0 Å². The Kier molecular flexibility index (Phi) is 6.10. The average Bonchev–Trinajstić information content (AvgIpc) is 2.78. The molecule has 0 aliphatic carbocycles. The van der Waals surface area contributed by atoms with Crippen LogP contribution in [0.1, 0.15) is 44.8 Å². The van der Waals surface area contributed by atoms with Crippen LogP contribution in [0.2, 0.25) is 0 Å². The van der Waals surface area contributed by atoms with Crippen LogP contribution in [0.4, 0.5) is 0 Å². The monoisotopic (exact) mass is 241 g/mol. The summed E-state index contributed by atoms with van der Waals surface area (Å²) in [7, 11) is 1.71. The molecule has 0 bridgehead atoms. The fraction of sp³-hybridized carbons (Fsp3) is 0.818. The van der Waals surface area contributed by atoms with E-state index in [-0.39, 0.29) is 12.1 Å². The first-order chi connectivity index (χ1) is 8.28. The Hall–Kier alpha value is -0.980. The van der Waals surface area contributed by atoms with E-state index in [1.54, 1.807) is 13.3 Å². The van der Waals surface area contributed by atoms with Crippen molar-refractivity contribution < 1.29 is 4.74 Å². The Morgan fingerprint density at radius 3 is 2.76 bits per heavy atom. The fourth-order valence-corrected chi connectivity index (χ4v) is 1.98. The van der Waals surface area contributed by atoms with Gasteiger partial charge in [0.05, 0.1) is 24.0 Å². The van der Waals surface area contributed by atoms with Gasteiger partial charge in [-0.25, -0.2) is 10.1 Å². The number of nitrogens with zero attached hydrogens (tertiary/aromatic N) is 3. The van der Waals surface area contributed by atoms with Gasteiger partial charge in [0.1, 0.15) is 0 Å². The quantitative estimate of drug-likeness (QED) is 0.524. The minimum atomic E-state index is -0.0681. The second-order valence-electron chi connectivity index (χ2n) is 4.09. The van der Waals surface area contributed by atoms with Crippen LogP contribution in [-0.2, 0) is 11.3 Å². The number of methoxy groups -OCH3 is 1. The minimum absolute atomic E-state index is 0.0408. The zero-order chi connectivity index (χ0) is 12.7. The largest absolute Gasteiger partial charge is 0.379 e. The lowest BCUT2D eigenvalue weighted by molar-refractivity contribution is 0.0577. The highest BCUT2D eigenvalue weighted by atomic mass is 16.5. The molecule has 0 aliphatic rings. The third kappa shape index (κ3) is 3.49. The summed E-state index contributed by atoms with van der Waals surface area (Å²) in [5.41, 5.74) is 3.79. The number of nitrogens with one attached hydrogen (secondary N) is 1. The number of ether oxygens (including phenoxy) is 1. The molecule has 0 amide bonds. The van der Waals surface area contributed by atoms with Gasteiger partial charge in [-0.3, -0.25) is 5.84 Å². The van der Waals surface area contributed by atoms with E-state index in [4.69, 9.17) is 10.6 Å². The smallest absolute Gasteiger partial charge is 0.0906 e. The highest BCUT2D eigenvalue weighted by Crippen LogP contribution is 2.20. The fourth-order valence-electron chi connectivity index (χ4n) is 1.98. The molecule has 0 saturated heterocycles. The lowest BCUT2D eigenvalue weighted by atomic mass is 10.0. The van der Waals surface area contributed by atoms with Gasteiger partial charge < -0.3 is 4.74 Å². The molecular formula is C11H23N5O. The number of rotatable bonds is 8. The van der Waals surface area contributed by atoms with Crippen molar-refractivity contribution in [3.63, 3.8) is 0 Å². The molecule has 1 aromatic rings. The summed E-state index contributed by atoms with van der Waals surface area (Å²) in [5.74, 6) is 5.64. The summed E-state index contributed by atoms with van der Waals surface area (Å²) in [6, 6.07) is -0.0681. The summed E-state index contributed by atoms with van der Waals surface area (Å²) in [5, 5.41) is 8.02. The van der Waals surface area contributed by atoms with E-state index in [1.807, 2.05) is 4.68 Å². The molecule has 0 fully saturated rings. The Morgan fingerprint density at radius 2 is 2.24 bits per heavy atom. The second kappa shape index (κ2) is 7.37. The van der Waals surface area contributed by atoms with Crippen molar-refractivity contribution in [2.75, 3.05) is 7.11 Å². The number of hydrogen-bond acceptors (Lipinski definition) is 5. The summed E-state index contributed by atoms with van der Waals surface area (Å²) in [6.45, 7) is 5.08. The van der Waals surface area contributed by atoms with E-state index in [0.717, 1.165) is 31.5 Å². The molecule has 3 N–H and O–H groups in total. The van der Waals surface area contributed by atoms with E-state index in [2.05, 4.69) is 29.6 Å². The van der Waals surface area contributed by atoms with Crippen LogP contribution < -0.4 is 11.3 Å². The number of aryl methyl sites for hydroxylation is 1. The maximum atomic E-state index is 5.64. The predicted octanol–water partition coefficient (Wildman–Crippen LogP) is 1.01. The standard InChI is InChI=1S/C11H23N5O/c1-4-6-10(17-3)11(14-12)9-8-13-15-16(9)7-5-2/h8,10-11,14H,4-7,12H2,1-3H3. The van der Waals surface area contributed by atoms with Crippen molar-refractivity contribution in [1.82, 2.24) is 20.4 Å². The third-order valence-corrected chi connectivity index (χ3v) is 2.83. The minimum Gasteiger partial charge on any atom is -0.379 e. The lowest BCUT2D eigenvalue weighted by Gasteiger charge is -2.25. The zero-order valence-corrected chi connectivity index (χ0v) is 10.9. The first-order valence-corrected chi connectivity index (χ1v) is 6.15. The maximum Gasteiger partial charge on any atom is 0.0906 e. The summed E-state index contributed by atoms with van der Waals surface area (Å²) >= 11 is 0. The van der Waals surface area contributed by atoms with Crippen LogP contribution in [0.15, 0.2) is 6.20 Å². The normalized spacial score (nSPS) is 14.8. The summed E-state index contributed by atoms with van der Waals surface area (Å²) in [4.78, 5) is 0. The Morgan fingerprint density at radius 1 is 1.47 bits per heavy atom. The molecule has 0 saturated carbocycles. The lowest BCUT2D eigenvalue weighted by Crippen LogP contribution is -2.39. The van der Waals surface area contributed by atoms with E-state index in [1.165, 1.54) is 0 Å². The summed E-state index contributed by atoms with van der Waals surface area (Å²) in [6.07, 6.45) is 4.80. The van der Waals surface area contributed by atoms with Gasteiger partial charge in [-0.1, -0.05) is 25.5 Å². The molecule has 2 unspecified atom stereocenters. The maximum absolute atomic E-state index is 5.64. The molecule has 17 heavy (non-hydrogen) atoms. The van der Waals surface area contributed by atoms with Crippen LogP contribution in [0.3, 0.4) is 0 Å². The third-order valence-electron chi connectivity index (χ3n) is 2.83. The number of nitrogens with two attached hydrogens (primary N) is 1. The molecule has 1 rings (SSSR count). The molecule has 98 valence electrons. The van der Waals surface area contributed by atoms with Crippen LogP contribution in [0.25, 0.3) is 0 Å². The van der Waals surface area contributed by atoms with Crippen LogP contribution in [-0.4, -0.2) is 28.2 Å². The molecule has 0 spiro atoms. The second-order valence-corrected chi connectivity index (χ2v) is 4.09. The molecule has 0 aliphatic heterocycles. The molecule has 1 heterocycles. The summed E-state index contributed by atoms with van der Waals surface area (Å²) < 4.78 is 7.37. The van der Waals surface area contributed by atoms with Crippen LogP contribution >= 0.6 is 0 Å². The van der Waals surface area contributed by atoms with E-state index in [0.29, 0.717) is 0 Å². The van der Waals surface area contributed by atoms with E-state index < -0.39 is 0 Å². The van der Waals surface area contributed by atoms with E-state index in [9.17, 15) is 0 Å². The van der Waals surface area contributed by atoms with Gasteiger partial charge in [0.25, 0.3) is 0 Å². The van der Waals surface area contributed by atoms with E-state index >= 15 is 0 Å². The zero-order valence-electron chi connectivity index (χ0n) is 10.9. The highest BCUT2D eigenvalue weighted by Gasteiger charge is 2.24. The van der Waals surface area contributed by atoms with Crippen LogP contribution in [0.5, 0.6) is 0 Å². The van der Waals surface area contributed by atoms with Crippen molar-refractivity contribution >= 4 is 0 Å². The number of hydrazine groups is 1. The van der Waals surface area contributed by atoms with Gasteiger partial charge in [-0.05, 0) is 12.8 Å². The predicted molar refractivity (Wildman–Crippen MR) is 66.1 cm³/mol. The highest BCUT2D eigenvalue weighted by molar-refractivity contribution is 5.04. The Labute approximate surface area is 102 Å². The Balaban J connectivity index is 2.86. The molecule has 6 nitrogen and oxygen atoms in total. The van der Waals surface area contributed by atoms with Crippen molar-refractivity contribution in [2.45, 2.75) is 51.8 Å². The molecule has 0 aromatic carbocycles. The Bertz CT molecular complexity index is 315. The first-order valence-electron chi connectivity index (χ1n) is 6.15. The molecule has 2 atom stereocenters. The number of hydrogen-bond donors (Lipinski definition) is 2. The molecular weight excluding hydrogens is 218 g/mol. The van der Waals surface area contributed by atoms with Gasteiger partial charge in [-0.2, -0.15) is 0 Å². The van der Waals surface area contributed by atoms with Crippen molar-refractivity contribution in [3.05, 3.63) is 11.9 Å².